The average molecular weight is 512 g/mol. The molecule has 0 N–H and O–H groups in total. The Kier molecular flexibility index (Phi) is 5.19. The average Bonchev–Trinajstić information content (AvgIpc) is 3.25. The summed E-state index contributed by atoms with van der Waals surface area (Å²) in [4.78, 5) is 18.8. The molecule has 10 heteroatoms. The number of hydrogen-bond acceptors (Lipinski definition) is 5. The minimum Gasteiger partial charge on any atom is -0.323 e. The summed E-state index contributed by atoms with van der Waals surface area (Å²) in [6, 6.07) is 13.4. The van der Waals surface area contributed by atoms with Crippen LogP contribution in [-0.4, -0.2) is 71.7 Å². The normalized spacial score (nSPS) is 19.8. The molecule has 8 nitrogen and oxygen atoms in total. The van der Waals surface area contributed by atoms with Gasteiger partial charge in [-0.1, -0.05) is 41.9 Å². The Morgan fingerprint density at radius 3 is 2.29 bits per heavy atom. The van der Waals surface area contributed by atoms with Gasteiger partial charge < -0.3 is 9.80 Å². The number of rotatable bonds is 4. The summed E-state index contributed by atoms with van der Waals surface area (Å²) in [7, 11) is -3.41. The van der Waals surface area contributed by atoms with Gasteiger partial charge in [-0.05, 0) is 36.1 Å². The van der Waals surface area contributed by atoms with E-state index in [9.17, 15) is 13.2 Å². The molecule has 2 saturated heterocycles. The molecule has 2 aromatic carbocycles. The molecule has 35 heavy (non-hydrogen) atoms. The quantitative estimate of drug-likeness (QED) is 0.530. The standard InChI is InChI=1S/C25H26ClN5O3S/c1-35(33,34)23-10-20(26)6-7-22(23)18-4-2-17(3-5-18)19-13-29(14-19)24(32)30-15-25(16-30)11-21(12-25)31-27-8-9-28-31/h2-10,19,21H,11-16H2,1H3. The highest BCUT2D eigenvalue weighted by molar-refractivity contribution is 7.90. The zero-order valence-corrected chi connectivity index (χ0v) is 20.9. The summed E-state index contributed by atoms with van der Waals surface area (Å²) in [5.41, 5.74) is 2.87. The molecule has 182 valence electrons. The van der Waals surface area contributed by atoms with E-state index < -0.39 is 9.84 Å². The van der Waals surface area contributed by atoms with Crippen LogP contribution in [0.2, 0.25) is 5.02 Å². The van der Waals surface area contributed by atoms with E-state index in [-0.39, 0.29) is 16.3 Å². The van der Waals surface area contributed by atoms with Crippen LogP contribution in [0, 0.1) is 5.41 Å². The van der Waals surface area contributed by atoms with Gasteiger partial charge in [0.2, 0.25) is 0 Å². The predicted octanol–water partition coefficient (Wildman–Crippen LogP) is 3.86. The van der Waals surface area contributed by atoms with Crippen molar-refractivity contribution in [2.75, 3.05) is 32.4 Å². The number of amides is 2. The molecule has 2 amide bonds. The lowest BCUT2D eigenvalue weighted by molar-refractivity contribution is -0.0802. The van der Waals surface area contributed by atoms with Crippen molar-refractivity contribution in [1.82, 2.24) is 24.8 Å². The Morgan fingerprint density at radius 1 is 1.00 bits per heavy atom. The van der Waals surface area contributed by atoms with Crippen molar-refractivity contribution in [1.29, 1.82) is 0 Å². The summed E-state index contributed by atoms with van der Waals surface area (Å²) >= 11 is 6.03. The Morgan fingerprint density at radius 2 is 1.66 bits per heavy atom. The number of nitrogens with zero attached hydrogens (tertiary/aromatic N) is 5. The Hall–Kier alpha value is -2.91. The maximum Gasteiger partial charge on any atom is 0.320 e. The first-order valence-corrected chi connectivity index (χ1v) is 14.0. The Balaban J connectivity index is 1.04. The fraction of sp³-hybridized carbons (Fsp3) is 0.400. The van der Waals surface area contributed by atoms with Crippen LogP contribution in [-0.2, 0) is 9.84 Å². The van der Waals surface area contributed by atoms with Crippen LogP contribution in [0.4, 0.5) is 4.79 Å². The first-order valence-electron chi connectivity index (χ1n) is 11.7. The van der Waals surface area contributed by atoms with Gasteiger partial charge in [0.25, 0.3) is 0 Å². The summed E-state index contributed by atoms with van der Waals surface area (Å²) in [5.74, 6) is 0.293. The van der Waals surface area contributed by atoms with E-state index in [0.29, 0.717) is 35.6 Å². The lowest BCUT2D eigenvalue weighted by atomic mass is 9.61. The van der Waals surface area contributed by atoms with Gasteiger partial charge >= 0.3 is 6.03 Å². The number of urea groups is 1. The first kappa shape index (κ1) is 22.5. The third kappa shape index (κ3) is 4.00. The van der Waals surface area contributed by atoms with Crippen molar-refractivity contribution >= 4 is 27.5 Å². The van der Waals surface area contributed by atoms with Gasteiger partial charge in [-0.3, -0.25) is 0 Å². The van der Waals surface area contributed by atoms with Crippen LogP contribution in [0.1, 0.15) is 30.4 Å². The molecule has 6 rings (SSSR count). The third-order valence-corrected chi connectivity index (χ3v) is 8.98. The van der Waals surface area contributed by atoms with Crippen molar-refractivity contribution in [2.24, 2.45) is 5.41 Å². The molecule has 2 aliphatic heterocycles. The van der Waals surface area contributed by atoms with Crippen LogP contribution < -0.4 is 0 Å². The van der Waals surface area contributed by atoms with Gasteiger partial charge in [0.05, 0.1) is 23.3 Å². The van der Waals surface area contributed by atoms with E-state index in [0.717, 1.165) is 37.1 Å². The van der Waals surface area contributed by atoms with E-state index >= 15 is 0 Å². The second kappa shape index (κ2) is 8.06. The molecule has 0 radical (unpaired) electrons. The van der Waals surface area contributed by atoms with Gasteiger partial charge in [0.15, 0.2) is 9.84 Å². The van der Waals surface area contributed by atoms with Crippen LogP contribution in [0.25, 0.3) is 11.1 Å². The Bertz CT molecular complexity index is 1370. The van der Waals surface area contributed by atoms with Gasteiger partial charge in [0.1, 0.15) is 0 Å². The van der Waals surface area contributed by atoms with Crippen molar-refractivity contribution in [3.8, 4) is 11.1 Å². The zero-order valence-electron chi connectivity index (χ0n) is 19.3. The number of halogens is 1. The van der Waals surface area contributed by atoms with Crippen LogP contribution in [0.3, 0.4) is 0 Å². The summed E-state index contributed by atoms with van der Waals surface area (Å²) in [6.07, 6.45) is 6.68. The monoisotopic (exact) mass is 511 g/mol. The molecule has 3 aliphatic rings. The van der Waals surface area contributed by atoms with Crippen LogP contribution >= 0.6 is 11.6 Å². The third-order valence-electron chi connectivity index (χ3n) is 7.61. The molecule has 1 aliphatic carbocycles. The maximum atomic E-state index is 12.9. The minimum atomic E-state index is -3.41. The summed E-state index contributed by atoms with van der Waals surface area (Å²) in [6.45, 7) is 3.06. The molecule has 0 bridgehead atoms. The van der Waals surface area contributed by atoms with E-state index in [2.05, 4.69) is 10.2 Å². The summed E-state index contributed by atoms with van der Waals surface area (Å²) < 4.78 is 24.4. The number of carbonyl (C=O) groups is 1. The lowest BCUT2D eigenvalue weighted by Crippen LogP contribution is -2.67. The van der Waals surface area contributed by atoms with Crippen molar-refractivity contribution < 1.29 is 13.2 Å². The van der Waals surface area contributed by atoms with Crippen molar-refractivity contribution in [2.45, 2.75) is 29.7 Å². The van der Waals surface area contributed by atoms with Gasteiger partial charge in [-0.25, -0.2) is 13.2 Å². The molecule has 3 aromatic rings. The minimum absolute atomic E-state index is 0.128. The molecule has 1 aromatic heterocycles. The predicted molar refractivity (Wildman–Crippen MR) is 132 cm³/mol. The number of aromatic nitrogens is 3. The summed E-state index contributed by atoms with van der Waals surface area (Å²) in [5, 5.41) is 8.85. The van der Waals surface area contributed by atoms with E-state index in [4.69, 9.17) is 11.6 Å². The lowest BCUT2D eigenvalue weighted by Gasteiger charge is -2.59. The largest absolute Gasteiger partial charge is 0.323 e. The number of carbonyl (C=O) groups excluding carboxylic acids is 1. The molecular formula is C25H26ClN5O3S. The SMILES string of the molecule is CS(=O)(=O)c1cc(Cl)ccc1-c1ccc(C2CN(C(=O)N3CC4(CC(n5nccn5)C4)C3)C2)cc1. The smallest absolute Gasteiger partial charge is 0.320 e. The highest BCUT2D eigenvalue weighted by Gasteiger charge is 2.55. The van der Waals surface area contributed by atoms with Crippen LogP contribution in [0.5, 0.6) is 0 Å². The van der Waals surface area contributed by atoms with E-state index in [1.165, 1.54) is 12.3 Å². The van der Waals surface area contributed by atoms with Gasteiger partial charge in [-0.2, -0.15) is 15.0 Å². The number of benzene rings is 2. The Labute approximate surface area is 209 Å². The van der Waals surface area contributed by atoms with Gasteiger partial charge in [0, 0.05) is 54.4 Å². The maximum absolute atomic E-state index is 12.9. The highest BCUT2D eigenvalue weighted by atomic mass is 35.5. The topological polar surface area (TPSA) is 88.4 Å². The molecule has 3 heterocycles. The molecule has 1 spiro atoms. The van der Waals surface area contributed by atoms with Gasteiger partial charge in [-0.15, -0.1) is 0 Å². The molecule has 0 atom stereocenters. The van der Waals surface area contributed by atoms with Crippen molar-refractivity contribution in [3.63, 3.8) is 0 Å². The van der Waals surface area contributed by atoms with Crippen molar-refractivity contribution in [3.05, 3.63) is 65.4 Å². The fourth-order valence-corrected chi connectivity index (χ4v) is 6.86. The molecule has 0 unspecified atom stereocenters. The first-order chi connectivity index (χ1) is 16.7. The fourth-order valence-electron chi connectivity index (χ4n) is 5.70. The molecular weight excluding hydrogens is 486 g/mol. The zero-order chi connectivity index (χ0) is 24.4. The van der Waals surface area contributed by atoms with E-state index in [1.54, 1.807) is 29.3 Å². The van der Waals surface area contributed by atoms with E-state index in [1.807, 2.05) is 34.1 Å². The second-order valence-electron chi connectivity index (χ2n) is 10.2. The van der Waals surface area contributed by atoms with Crippen LogP contribution in [0.15, 0.2) is 59.8 Å². The number of sulfone groups is 1. The molecule has 1 saturated carbocycles. The number of hydrogen-bond donors (Lipinski definition) is 0. The molecule has 3 fully saturated rings. The second-order valence-corrected chi connectivity index (χ2v) is 12.6. The number of likely N-dealkylation sites (tertiary alicyclic amines) is 2. The highest BCUT2D eigenvalue weighted by Crippen LogP contribution is 2.54.